The zero-order valence-electron chi connectivity index (χ0n) is 8.00. The molecule has 0 saturated carbocycles. The van der Waals surface area contributed by atoms with E-state index in [4.69, 9.17) is 9.47 Å². The second kappa shape index (κ2) is 2.96. The first-order valence-corrected chi connectivity index (χ1v) is 4.68. The van der Waals surface area contributed by atoms with Crippen LogP contribution in [-0.4, -0.2) is 30.4 Å². The van der Waals surface area contributed by atoms with E-state index >= 15 is 0 Å². The molecule has 0 radical (unpaired) electrons. The quantitative estimate of drug-likeness (QED) is 0.644. The fourth-order valence-electron chi connectivity index (χ4n) is 1.83. The Labute approximate surface area is 77.6 Å². The lowest BCUT2D eigenvalue weighted by Gasteiger charge is -2.20. The molecular weight excluding hydrogens is 170 g/mol. The fourth-order valence-corrected chi connectivity index (χ4v) is 1.83. The van der Waals surface area contributed by atoms with E-state index in [9.17, 15) is 4.79 Å². The second-order valence-corrected chi connectivity index (χ2v) is 4.08. The highest BCUT2D eigenvalue weighted by Gasteiger charge is 2.39. The van der Waals surface area contributed by atoms with Crippen LogP contribution in [0.1, 0.15) is 26.7 Å². The third-order valence-electron chi connectivity index (χ3n) is 2.51. The van der Waals surface area contributed by atoms with Crippen molar-refractivity contribution in [3.8, 4) is 0 Å². The van der Waals surface area contributed by atoms with Crippen molar-refractivity contribution in [3.63, 3.8) is 0 Å². The number of hydrogen-bond acceptors (Lipinski definition) is 3. The number of nitrogens with one attached hydrogen (secondary N) is 1. The minimum absolute atomic E-state index is 0.0291. The number of rotatable bonds is 1. The predicted molar refractivity (Wildman–Crippen MR) is 46.1 cm³/mol. The van der Waals surface area contributed by atoms with Gasteiger partial charge in [-0.2, -0.15) is 0 Å². The van der Waals surface area contributed by atoms with Crippen LogP contribution >= 0.6 is 0 Å². The van der Waals surface area contributed by atoms with Gasteiger partial charge in [-0.25, -0.2) is 0 Å². The molecule has 2 heterocycles. The second-order valence-electron chi connectivity index (χ2n) is 4.08. The highest BCUT2D eigenvalue weighted by Crippen LogP contribution is 2.26. The Morgan fingerprint density at radius 2 is 2.31 bits per heavy atom. The van der Waals surface area contributed by atoms with Crippen molar-refractivity contribution in [3.05, 3.63) is 0 Å². The lowest BCUT2D eigenvalue weighted by molar-refractivity contribution is -0.142. The van der Waals surface area contributed by atoms with E-state index < -0.39 is 5.79 Å². The Morgan fingerprint density at radius 1 is 1.54 bits per heavy atom. The number of carbonyl (C=O) groups is 1. The lowest BCUT2D eigenvalue weighted by atomic mass is 10.1. The Kier molecular flexibility index (Phi) is 2.04. The van der Waals surface area contributed by atoms with Crippen LogP contribution in [0, 0.1) is 0 Å². The molecule has 74 valence electrons. The van der Waals surface area contributed by atoms with Gasteiger partial charge in [-0.05, 0) is 20.3 Å². The first-order valence-electron chi connectivity index (χ1n) is 4.68. The molecule has 0 spiro atoms. The highest BCUT2D eigenvalue weighted by atomic mass is 16.7. The van der Waals surface area contributed by atoms with Gasteiger partial charge in [-0.15, -0.1) is 0 Å². The molecular formula is C9H15NO3. The Balaban J connectivity index is 1.93. The van der Waals surface area contributed by atoms with E-state index in [1.54, 1.807) is 0 Å². The van der Waals surface area contributed by atoms with Crippen molar-refractivity contribution in [2.45, 2.75) is 44.6 Å². The summed E-state index contributed by atoms with van der Waals surface area (Å²) in [6.07, 6.45) is 1.51. The largest absolute Gasteiger partial charge is 0.351 e. The molecule has 0 aromatic rings. The van der Waals surface area contributed by atoms with Crippen molar-refractivity contribution in [1.29, 1.82) is 0 Å². The molecule has 0 aromatic carbocycles. The number of carbonyl (C=O) groups excluding carboxylic acids is 1. The number of ether oxygens (including phenoxy) is 2. The van der Waals surface area contributed by atoms with E-state index in [-0.39, 0.29) is 18.1 Å². The van der Waals surface area contributed by atoms with Gasteiger partial charge in [0.2, 0.25) is 5.91 Å². The van der Waals surface area contributed by atoms with Gasteiger partial charge in [0.15, 0.2) is 5.79 Å². The van der Waals surface area contributed by atoms with E-state index in [0.717, 1.165) is 6.42 Å². The molecule has 0 aromatic heterocycles. The molecule has 4 heteroatoms. The van der Waals surface area contributed by atoms with Gasteiger partial charge >= 0.3 is 0 Å². The van der Waals surface area contributed by atoms with Crippen LogP contribution in [0.2, 0.25) is 0 Å². The van der Waals surface area contributed by atoms with Crippen molar-refractivity contribution in [1.82, 2.24) is 5.32 Å². The van der Waals surface area contributed by atoms with Crippen LogP contribution < -0.4 is 5.32 Å². The van der Waals surface area contributed by atoms with Crippen molar-refractivity contribution in [2.75, 3.05) is 6.61 Å². The van der Waals surface area contributed by atoms with Crippen LogP contribution in [0.5, 0.6) is 0 Å². The molecule has 13 heavy (non-hydrogen) atoms. The maximum atomic E-state index is 11.0. The average molecular weight is 185 g/mol. The summed E-state index contributed by atoms with van der Waals surface area (Å²) >= 11 is 0. The van der Waals surface area contributed by atoms with Gasteiger partial charge < -0.3 is 14.8 Å². The third-order valence-corrected chi connectivity index (χ3v) is 2.51. The molecule has 0 aliphatic carbocycles. The zero-order chi connectivity index (χ0) is 9.47. The summed E-state index contributed by atoms with van der Waals surface area (Å²) in [5, 5.41) is 2.89. The fraction of sp³-hybridized carbons (Fsp3) is 0.889. The molecule has 2 fully saturated rings. The molecule has 2 atom stereocenters. The first-order chi connectivity index (χ1) is 6.07. The van der Waals surface area contributed by atoms with Crippen molar-refractivity contribution < 1.29 is 14.3 Å². The molecule has 1 N–H and O–H groups in total. The summed E-state index contributed by atoms with van der Waals surface area (Å²) in [4.78, 5) is 11.0. The Bertz CT molecular complexity index is 227. The van der Waals surface area contributed by atoms with E-state index in [2.05, 4.69) is 5.32 Å². The van der Waals surface area contributed by atoms with Gasteiger partial charge in [0.25, 0.3) is 0 Å². The molecule has 4 nitrogen and oxygen atoms in total. The Hall–Kier alpha value is -0.610. The van der Waals surface area contributed by atoms with Gasteiger partial charge in [0.05, 0.1) is 12.6 Å². The van der Waals surface area contributed by atoms with E-state index in [0.29, 0.717) is 13.0 Å². The topological polar surface area (TPSA) is 47.6 Å². The van der Waals surface area contributed by atoms with Gasteiger partial charge in [-0.1, -0.05) is 0 Å². The summed E-state index contributed by atoms with van der Waals surface area (Å²) in [6.45, 7) is 4.37. The highest BCUT2D eigenvalue weighted by molar-refractivity contribution is 5.78. The summed E-state index contributed by atoms with van der Waals surface area (Å²) in [5.74, 6) is -0.365. The summed E-state index contributed by atoms with van der Waals surface area (Å²) in [7, 11) is 0. The number of hydrogen-bond donors (Lipinski definition) is 1. The number of amides is 1. The molecule has 0 bridgehead atoms. The monoisotopic (exact) mass is 185 g/mol. The average Bonchev–Trinajstić information content (AvgIpc) is 2.56. The minimum atomic E-state index is -0.488. The molecule has 0 unspecified atom stereocenters. The minimum Gasteiger partial charge on any atom is -0.351 e. The molecule has 2 rings (SSSR count). The van der Waals surface area contributed by atoms with Gasteiger partial charge in [0.1, 0.15) is 6.10 Å². The maximum Gasteiger partial charge on any atom is 0.220 e. The van der Waals surface area contributed by atoms with Crippen molar-refractivity contribution >= 4 is 5.91 Å². The van der Waals surface area contributed by atoms with Crippen LogP contribution in [0.25, 0.3) is 0 Å². The maximum absolute atomic E-state index is 11.0. The Morgan fingerprint density at radius 3 is 2.77 bits per heavy atom. The predicted octanol–water partition coefficient (Wildman–Crippen LogP) is 0.416. The van der Waals surface area contributed by atoms with Gasteiger partial charge in [0, 0.05) is 6.42 Å². The van der Waals surface area contributed by atoms with E-state index in [1.807, 2.05) is 13.8 Å². The summed E-state index contributed by atoms with van der Waals surface area (Å²) < 4.78 is 11.1. The lowest BCUT2D eigenvalue weighted by Crippen LogP contribution is -2.39. The summed E-state index contributed by atoms with van der Waals surface area (Å²) in [5.41, 5.74) is 0. The van der Waals surface area contributed by atoms with Crippen molar-refractivity contribution in [2.24, 2.45) is 0 Å². The normalized spacial score (nSPS) is 37.8. The van der Waals surface area contributed by atoms with Gasteiger partial charge in [-0.3, -0.25) is 4.79 Å². The van der Waals surface area contributed by atoms with Crippen LogP contribution in [0.4, 0.5) is 0 Å². The third kappa shape index (κ3) is 1.84. The van der Waals surface area contributed by atoms with Crippen LogP contribution in [0.15, 0.2) is 0 Å². The molecule has 1 amide bonds. The first kappa shape index (κ1) is 8.97. The van der Waals surface area contributed by atoms with E-state index in [1.165, 1.54) is 0 Å². The van der Waals surface area contributed by atoms with Crippen LogP contribution in [-0.2, 0) is 14.3 Å². The molecule has 2 saturated heterocycles. The molecule has 2 aliphatic rings. The zero-order valence-corrected chi connectivity index (χ0v) is 8.00. The van der Waals surface area contributed by atoms with Crippen LogP contribution in [0.3, 0.4) is 0 Å². The molecule has 2 aliphatic heterocycles. The standard InChI is InChI=1S/C9H15NO3/c1-9(2)12-5-7(13-9)6-3-4-8(11)10-6/h6-7H,3-5H2,1-2H3,(H,10,11)/t6-,7+/m0/s1. The SMILES string of the molecule is CC1(C)OC[C@H]([C@@H]2CCC(=O)N2)O1. The smallest absolute Gasteiger partial charge is 0.220 e. The summed E-state index contributed by atoms with van der Waals surface area (Å²) in [6, 6.07) is 0.147.